The number of aromatic amines is 1. The minimum atomic E-state index is 0.420. The van der Waals surface area contributed by atoms with Crippen molar-refractivity contribution in [3.63, 3.8) is 0 Å². The first-order chi connectivity index (χ1) is 9.76. The van der Waals surface area contributed by atoms with E-state index < -0.39 is 0 Å². The highest BCUT2D eigenvalue weighted by atomic mass is 32.2. The van der Waals surface area contributed by atoms with E-state index in [2.05, 4.69) is 25.2 Å². The molecule has 3 rings (SSSR count). The number of nitrogens with zero attached hydrogens (tertiary/aromatic N) is 4. The highest BCUT2D eigenvalue weighted by Gasteiger charge is 2.09. The van der Waals surface area contributed by atoms with Crippen LogP contribution in [-0.2, 0) is 5.75 Å². The Hall–Kier alpha value is -2.59. The molecule has 0 aliphatic carbocycles. The predicted octanol–water partition coefficient (Wildman–Crippen LogP) is 2.78. The molecule has 3 aromatic rings. The highest BCUT2D eigenvalue weighted by Crippen LogP contribution is 2.29. The van der Waals surface area contributed by atoms with Gasteiger partial charge in [0.2, 0.25) is 5.65 Å². The van der Waals surface area contributed by atoms with E-state index in [1.165, 1.54) is 0 Å². The molecule has 20 heavy (non-hydrogen) atoms. The largest absolute Gasteiger partial charge is 0.384 e. The fraction of sp³-hybridized carbons (Fsp3) is 0.0769. The van der Waals surface area contributed by atoms with Crippen molar-refractivity contribution in [2.45, 2.75) is 10.6 Å². The summed E-state index contributed by atoms with van der Waals surface area (Å²) in [5, 5.41) is 10.6. The molecule has 6 nitrogen and oxygen atoms in total. The summed E-state index contributed by atoms with van der Waals surface area (Å²) in [6.07, 6.45) is 0. The van der Waals surface area contributed by atoms with Crippen molar-refractivity contribution in [2.24, 2.45) is 0 Å². The Morgan fingerprint density at radius 3 is 3.05 bits per heavy atom. The van der Waals surface area contributed by atoms with E-state index in [-0.39, 0.29) is 0 Å². The minimum absolute atomic E-state index is 0.420. The number of hydrogen-bond donors (Lipinski definition) is 2. The molecule has 0 aliphatic rings. The summed E-state index contributed by atoms with van der Waals surface area (Å²) in [4.78, 5) is 8.45. The number of fused-ring (bicyclic) bond motifs is 1. The Bertz CT molecular complexity index is 804. The monoisotopic (exact) mass is 282 g/mol. The van der Waals surface area contributed by atoms with E-state index in [0.717, 1.165) is 16.2 Å². The van der Waals surface area contributed by atoms with Crippen LogP contribution in [0.3, 0.4) is 0 Å². The lowest BCUT2D eigenvalue weighted by atomic mass is 10.2. The summed E-state index contributed by atoms with van der Waals surface area (Å²) < 4.78 is 0. The van der Waals surface area contributed by atoms with Gasteiger partial charge in [-0.25, -0.2) is 9.83 Å². The van der Waals surface area contributed by atoms with Crippen molar-refractivity contribution < 1.29 is 0 Å². The molecule has 98 valence electrons. The second-order valence-electron chi connectivity index (χ2n) is 4.11. The Kier molecular flexibility index (Phi) is 3.23. The number of thioether (sulfide) groups is 1. The minimum Gasteiger partial charge on any atom is -0.384 e. The van der Waals surface area contributed by atoms with Crippen LogP contribution in [0.2, 0.25) is 0 Å². The maximum atomic E-state index is 7.02. The molecular formula is C13H10N6S. The van der Waals surface area contributed by atoms with Crippen LogP contribution in [-0.4, -0.2) is 20.4 Å². The number of nitrogen functional groups attached to an aromatic ring is 1. The van der Waals surface area contributed by atoms with Crippen LogP contribution in [0.4, 0.5) is 11.5 Å². The summed E-state index contributed by atoms with van der Waals surface area (Å²) in [6, 6.07) is 9.34. The molecule has 0 spiro atoms. The predicted molar refractivity (Wildman–Crippen MR) is 78.4 cm³/mol. The maximum absolute atomic E-state index is 7.02. The van der Waals surface area contributed by atoms with E-state index in [1.54, 1.807) is 23.9 Å². The van der Waals surface area contributed by atoms with Gasteiger partial charge in [-0.05, 0) is 11.6 Å². The number of anilines is 1. The Morgan fingerprint density at radius 2 is 2.20 bits per heavy atom. The molecule has 0 saturated carbocycles. The van der Waals surface area contributed by atoms with Gasteiger partial charge >= 0.3 is 0 Å². The standard InChI is InChI=1S/C13H10N6S/c1-15-9-4-2-3-8(5-9)7-20-10-6-11(14)16-13-12(10)17-19-18-13/h2-6H,7H2,(H3,14,16,17,18,19). The van der Waals surface area contributed by atoms with Gasteiger partial charge in [0.15, 0.2) is 5.69 Å². The van der Waals surface area contributed by atoms with Gasteiger partial charge in [0, 0.05) is 10.6 Å². The number of nitrogens with one attached hydrogen (secondary N) is 1. The van der Waals surface area contributed by atoms with E-state index in [9.17, 15) is 0 Å². The number of rotatable bonds is 3. The van der Waals surface area contributed by atoms with Gasteiger partial charge < -0.3 is 5.73 Å². The topological polar surface area (TPSA) is 84.8 Å². The van der Waals surface area contributed by atoms with Crippen LogP contribution in [0.5, 0.6) is 0 Å². The lowest BCUT2D eigenvalue weighted by Gasteiger charge is -2.04. The molecule has 0 fully saturated rings. The number of aromatic nitrogens is 4. The van der Waals surface area contributed by atoms with Gasteiger partial charge in [-0.15, -0.1) is 16.9 Å². The van der Waals surface area contributed by atoms with E-state index in [0.29, 0.717) is 22.7 Å². The normalized spacial score (nSPS) is 10.6. The molecule has 0 radical (unpaired) electrons. The summed E-state index contributed by atoms with van der Waals surface area (Å²) in [5.41, 5.74) is 8.70. The molecule has 0 amide bonds. The molecule has 2 heterocycles. The van der Waals surface area contributed by atoms with Crippen LogP contribution < -0.4 is 5.73 Å². The fourth-order valence-electron chi connectivity index (χ4n) is 1.81. The van der Waals surface area contributed by atoms with Gasteiger partial charge in [-0.1, -0.05) is 24.3 Å². The van der Waals surface area contributed by atoms with Crippen molar-refractivity contribution in [1.82, 2.24) is 20.4 Å². The van der Waals surface area contributed by atoms with Crippen LogP contribution >= 0.6 is 11.8 Å². The second kappa shape index (κ2) is 5.19. The lowest BCUT2D eigenvalue weighted by molar-refractivity contribution is 0.953. The first-order valence-corrected chi connectivity index (χ1v) is 6.81. The fourth-order valence-corrected chi connectivity index (χ4v) is 2.79. The highest BCUT2D eigenvalue weighted by molar-refractivity contribution is 7.98. The van der Waals surface area contributed by atoms with Gasteiger partial charge in [0.25, 0.3) is 0 Å². The smallest absolute Gasteiger partial charge is 0.204 e. The molecule has 0 aliphatic heterocycles. The molecule has 7 heteroatoms. The molecule has 0 atom stereocenters. The van der Waals surface area contributed by atoms with Crippen LogP contribution in [0.15, 0.2) is 35.2 Å². The SMILES string of the molecule is [C-]#[N+]c1cccc(CSc2cc(N)nc3n[nH]nc23)c1. The molecule has 3 N–H and O–H groups in total. The van der Waals surface area contributed by atoms with Gasteiger partial charge in [0.05, 0.1) is 6.57 Å². The third-order valence-electron chi connectivity index (χ3n) is 2.71. The third-order valence-corrected chi connectivity index (χ3v) is 3.81. The first-order valence-electron chi connectivity index (χ1n) is 5.82. The van der Waals surface area contributed by atoms with Crippen molar-refractivity contribution >= 4 is 34.4 Å². The van der Waals surface area contributed by atoms with Crippen molar-refractivity contribution in [2.75, 3.05) is 5.73 Å². The Morgan fingerprint density at radius 1 is 1.30 bits per heavy atom. The maximum Gasteiger partial charge on any atom is 0.204 e. The number of pyridine rings is 1. The zero-order valence-corrected chi connectivity index (χ0v) is 11.2. The Balaban J connectivity index is 1.86. The second-order valence-corrected chi connectivity index (χ2v) is 5.13. The summed E-state index contributed by atoms with van der Waals surface area (Å²) >= 11 is 1.60. The van der Waals surface area contributed by atoms with Crippen LogP contribution in [0, 0.1) is 6.57 Å². The van der Waals surface area contributed by atoms with E-state index in [1.807, 2.05) is 18.2 Å². The van der Waals surface area contributed by atoms with E-state index >= 15 is 0 Å². The number of benzene rings is 1. The first kappa shape index (κ1) is 12.4. The van der Waals surface area contributed by atoms with Gasteiger partial charge in [-0.2, -0.15) is 10.3 Å². The summed E-state index contributed by atoms with van der Waals surface area (Å²) in [5.74, 6) is 1.15. The average Bonchev–Trinajstić information content (AvgIpc) is 2.93. The quantitative estimate of drug-likeness (QED) is 0.570. The average molecular weight is 282 g/mol. The van der Waals surface area contributed by atoms with Crippen molar-refractivity contribution in [1.29, 1.82) is 0 Å². The molecule has 0 unspecified atom stereocenters. The van der Waals surface area contributed by atoms with Crippen LogP contribution in [0.25, 0.3) is 16.0 Å². The Labute approximate surface area is 119 Å². The van der Waals surface area contributed by atoms with E-state index in [4.69, 9.17) is 12.3 Å². The summed E-state index contributed by atoms with van der Waals surface area (Å²) in [6.45, 7) is 7.02. The molecule has 2 aromatic heterocycles. The number of nitrogens with two attached hydrogens (primary N) is 1. The van der Waals surface area contributed by atoms with Gasteiger partial charge in [-0.3, -0.25) is 0 Å². The molecule has 1 aromatic carbocycles. The lowest BCUT2D eigenvalue weighted by Crippen LogP contribution is -1.92. The van der Waals surface area contributed by atoms with Crippen LogP contribution in [0.1, 0.15) is 5.56 Å². The zero-order valence-electron chi connectivity index (χ0n) is 10.4. The summed E-state index contributed by atoms with van der Waals surface area (Å²) in [7, 11) is 0. The number of hydrogen-bond acceptors (Lipinski definition) is 5. The van der Waals surface area contributed by atoms with Crippen molar-refractivity contribution in [3.05, 3.63) is 47.3 Å². The number of H-pyrrole nitrogens is 1. The zero-order chi connectivity index (χ0) is 13.9. The molecule has 0 bridgehead atoms. The van der Waals surface area contributed by atoms with Crippen molar-refractivity contribution in [3.8, 4) is 0 Å². The van der Waals surface area contributed by atoms with Gasteiger partial charge in [0.1, 0.15) is 11.3 Å². The molecule has 0 saturated heterocycles. The third kappa shape index (κ3) is 2.41. The molecular weight excluding hydrogens is 272 g/mol.